The van der Waals surface area contributed by atoms with Gasteiger partial charge in [-0.05, 0) is 62.0 Å². The van der Waals surface area contributed by atoms with Crippen LogP contribution in [0.1, 0.15) is 26.3 Å². The van der Waals surface area contributed by atoms with Crippen LogP contribution in [0.15, 0.2) is 41.2 Å². The van der Waals surface area contributed by atoms with E-state index in [1.807, 2.05) is 0 Å². The topological polar surface area (TPSA) is 123 Å². The van der Waals surface area contributed by atoms with Crippen LogP contribution in [0, 0.1) is 5.82 Å². The molecule has 1 heterocycles. The van der Waals surface area contributed by atoms with E-state index < -0.39 is 23.3 Å². The van der Waals surface area contributed by atoms with Crippen LogP contribution in [0.3, 0.4) is 0 Å². The molecule has 0 unspecified atom stereocenters. The summed E-state index contributed by atoms with van der Waals surface area (Å²) in [6, 6.07) is 8.11. The monoisotopic (exact) mass is 412 g/mol. The van der Waals surface area contributed by atoms with Gasteiger partial charge < -0.3 is 26.0 Å². The molecule has 2 aromatic carbocycles. The summed E-state index contributed by atoms with van der Waals surface area (Å²) < 4.78 is 14.2. The van der Waals surface area contributed by atoms with Crippen LogP contribution in [0.25, 0.3) is 10.9 Å². The first-order valence-electron chi connectivity index (χ1n) is 9.21. The number of hydrogen-bond acceptors (Lipinski definition) is 5. The molecule has 156 valence electrons. The number of hydrogen-bond donors (Lipinski definition) is 5. The van der Waals surface area contributed by atoms with E-state index in [1.54, 1.807) is 14.1 Å². The Morgan fingerprint density at radius 3 is 2.43 bits per heavy atom. The van der Waals surface area contributed by atoms with Gasteiger partial charge in [0.15, 0.2) is 0 Å². The van der Waals surface area contributed by atoms with Gasteiger partial charge in [0.2, 0.25) is 0 Å². The Morgan fingerprint density at radius 1 is 1.13 bits per heavy atom. The molecule has 0 atom stereocenters. The second kappa shape index (κ2) is 8.75. The van der Waals surface area contributed by atoms with Crippen molar-refractivity contribution in [2.24, 2.45) is 0 Å². The van der Waals surface area contributed by atoms with Crippen LogP contribution in [-0.2, 0) is 6.42 Å². The van der Waals surface area contributed by atoms with Gasteiger partial charge in [-0.15, -0.1) is 0 Å². The standard InChI is InChI=1S/C21H21FN4O4/c1-23-8-7-14-15-9-12(22)10-16(24-2)18(15)26-20(28)17(14)19(27)25-13-5-3-11(4-6-13)21(29)30/h3-6,9-10,23-24H,7-8H2,1-2H3,(H,25,27)(H,26,28)(H,29,30). The quantitative estimate of drug-likeness (QED) is 0.406. The fourth-order valence-electron chi connectivity index (χ4n) is 3.26. The van der Waals surface area contributed by atoms with Crippen molar-refractivity contribution in [1.82, 2.24) is 10.3 Å². The van der Waals surface area contributed by atoms with Gasteiger partial charge >= 0.3 is 5.97 Å². The van der Waals surface area contributed by atoms with Gasteiger partial charge in [0.05, 0.1) is 16.8 Å². The summed E-state index contributed by atoms with van der Waals surface area (Å²) in [5.41, 5.74) is 0.921. The summed E-state index contributed by atoms with van der Waals surface area (Å²) in [6.07, 6.45) is 0.324. The number of rotatable bonds is 7. The van der Waals surface area contributed by atoms with Crippen molar-refractivity contribution < 1.29 is 19.1 Å². The lowest BCUT2D eigenvalue weighted by Crippen LogP contribution is -2.27. The molecule has 1 amide bonds. The minimum atomic E-state index is -1.09. The first-order chi connectivity index (χ1) is 14.3. The molecule has 0 aliphatic carbocycles. The number of carbonyl (C=O) groups excluding carboxylic acids is 1. The van der Waals surface area contributed by atoms with Gasteiger partial charge in [-0.1, -0.05) is 0 Å². The number of carboxylic acids is 1. The summed E-state index contributed by atoms with van der Waals surface area (Å²) in [5, 5.41) is 17.8. The number of amides is 1. The molecule has 0 saturated heterocycles. The lowest BCUT2D eigenvalue weighted by Gasteiger charge is -2.15. The predicted molar refractivity (Wildman–Crippen MR) is 113 cm³/mol. The zero-order valence-corrected chi connectivity index (χ0v) is 16.4. The van der Waals surface area contributed by atoms with Crippen LogP contribution in [0.5, 0.6) is 0 Å². The molecule has 0 radical (unpaired) electrons. The van der Waals surface area contributed by atoms with Gasteiger partial charge in [-0.2, -0.15) is 0 Å². The number of anilines is 2. The van der Waals surface area contributed by atoms with Crippen molar-refractivity contribution in [2.75, 3.05) is 31.3 Å². The highest BCUT2D eigenvalue weighted by molar-refractivity contribution is 6.08. The number of carbonyl (C=O) groups is 2. The van der Waals surface area contributed by atoms with Gasteiger partial charge in [-0.25, -0.2) is 9.18 Å². The normalized spacial score (nSPS) is 10.8. The third kappa shape index (κ3) is 4.15. The molecule has 5 N–H and O–H groups in total. The smallest absolute Gasteiger partial charge is 0.335 e. The third-order valence-electron chi connectivity index (χ3n) is 4.71. The number of H-pyrrole nitrogens is 1. The molecule has 0 fully saturated rings. The van der Waals surface area contributed by atoms with Crippen molar-refractivity contribution in [3.05, 3.63) is 69.3 Å². The number of aromatic amines is 1. The Kier molecular flexibility index (Phi) is 6.12. The lowest BCUT2D eigenvalue weighted by molar-refractivity contribution is 0.0696. The van der Waals surface area contributed by atoms with Gasteiger partial charge in [0.1, 0.15) is 11.4 Å². The highest BCUT2D eigenvalue weighted by atomic mass is 19.1. The molecule has 0 aliphatic rings. The van der Waals surface area contributed by atoms with E-state index in [0.717, 1.165) is 0 Å². The molecule has 0 saturated carbocycles. The van der Waals surface area contributed by atoms with E-state index in [4.69, 9.17) is 5.11 Å². The SMILES string of the molecule is CNCCc1c(C(=O)Nc2ccc(C(=O)O)cc2)c(=O)[nH]c2c(NC)cc(F)cc12. The van der Waals surface area contributed by atoms with Gasteiger partial charge in [0.25, 0.3) is 11.5 Å². The molecule has 1 aromatic heterocycles. The summed E-state index contributed by atoms with van der Waals surface area (Å²) in [6.45, 7) is 0.470. The lowest BCUT2D eigenvalue weighted by atomic mass is 9.98. The Balaban J connectivity index is 2.11. The van der Waals surface area contributed by atoms with Crippen LogP contribution >= 0.6 is 0 Å². The largest absolute Gasteiger partial charge is 0.478 e. The highest BCUT2D eigenvalue weighted by Crippen LogP contribution is 2.27. The Bertz CT molecular complexity index is 1170. The number of aromatic nitrogens is 1. The van der Waals surface area contributed by atoms with Crippen LogP contribution in [0.2, 0.25) is 0 Å². The second-order valence-electron chi connectivity index (χ2n) is 6.62. The van der Waals surface area contributed by atoms with Crippen LogP contribution < -0.4 is 21.5 Å². The summed E-state index contributed by atoms with van der Waals surface area (Å²) in [4.78, 5) is 39.4. The Hall–Kier alpha value is -3.72. The maximum Gasteiger partial charge on any atom is 0.335 e. The van der Waals surface area contributed by atoms with Crippen molar-refractivity contribution in [3.8, 4) is 0 Å². The summed E-state index contributed by atoms with van der Waals surface area (Å²) >= 11 is 0. The molecule has 0 aliphatic heterocycles. The van der Waals surface area contributed by atoms with Crippen molar-refractivity contribution in [3.63, 3.8) is 0 Å². The average Bonchev–Trinajstić information content (AvgIpc) is 2.71. The van der Waals surface area contributed by atoms with Gasteiger partial charge in [0, 0.05) is 18.1 Å². The first kappa shape index (κ1) is 21.0. The van der Waals surface area contributed by atoms with E-state index in [2.05, 4.69) is 20.9 Å². The maximum atomic E-state index is 14.2. The maximum absolute atomic E-state index is 14.2. The molecule has 3 rings (SSSR count). The highest BCUT2D eigenvalue weighted by Gasteiger charge is 2.21. The minimum Gasteiger partial charge on any atom is -0.478 e. The van der Waals surface area contributed by atoms with E-state index >= 15 is 0 Å². The van der Waals surface area contributed by atoms with Crippen LogP contribution in [0.4, 0.5) is 15.8 Å². The molecule has 9 heteroatoms. The first-order valence-corrected chi connectivity index (χ1v) is 9.21. The number of likely N-dealkylation sites (N-methyl/N-ethyl adjacent to an activating group) is 1. The Labute approximate surface area is 171 Å². The van der Waals surface area contributed by atoms with E-state index in [9.17, 15) is 18.8 Å². The molecular weight excluding hydrogens is 391 g/mol. The number of fused-ring (bicyclic) bond motifs is 1. The zero-order valence-electron chi connectivity index (χ0n) is 16.4. The van der Waals surface area contributed by atoms with Gasteiger partial charge in [-0.3, -0.25) is 9.59 Å². The summed E-state index contributed by atoms with van der Waals surface area (Å²) in [7, 11) is 3.35. The second-order valence-corrected chi connectivity index (χ2v) is 6.62. The number of aromatic carboxylic acids is 1. The van der Waals surface area contributed by atoms with E-state index in [1.165, 1.54) is 36.4 Å². The number of nitrogens with one attached hydrogen (secondary N) is 4. The van der Waals surface area contributed by atoms with E-state index in [0.29, 0.717) is 40.8 Å². The fourth-order valence-corrected chi connectivity index (χ4v) is 3.26. The van der Waals surface area contributed by atoms with Crippen molar-refractivity contribution in [2.45, 2.75) is 6.42 Å². The molecule has 30 heavy (non-hydrogen) atoms. The van der Waals surface area contributed by atoms with Crippen LogP contribution in [-0.4, -0.2) is 42.6 Å². The van der Waals surface area contributed by atoms with E-state index in [-0.39, 0.29) is 11.1 Å². The number of pyridine rings is 1. The zero-order chi connectivity index (χ0) is 21.8. The molecule has 3 aromatic rings. The number of halogens is 1. The molecule has 0 spiro atoms. The minimum absolute atomic E-state index is 0.0707. The Morgan fingerprint density at radius 2 is 1.83 bits per heavy atom. The summed E-state index contributed by atoms with van der Waals surface area (Å²) in [5.74, 6) is -2.25. The molecular formula is C21H21FN4O4. The number of benzene rings is 2. The van der Waals surface area contributed by atoms with Crippen molar-refractivity contribution >= 4 is 34.2 Å². The average molecular weight is 412 g/mol. The fraction of sp³-hybridized carbons (Fsp3) is 0.190. The molecule has 8 nitrogen and oxygen atoms in total. The third-order valence-corrected chi connectivity index (χ3v) is 4.71. The van der Waals surface area contributed by atoms with Crippen molar-refractivity contribution in [1.29, 1.82) is 0 Å². The molecule has 0 bridgehead atoms. The number of carboxylic acid groups (broad SMARTS) is 1. The predicted octanol–water partition coefficient (Wildman–Crippen LogP) is 2.42.